The van der Waals surface area contributed by atoms with Gasteiger partial charge in [-0.2, -0.15) is 0 Å². The van der Waals surface area contributed by atoms with E-state index in [0.717, 1.165) is 12.8 Å². The van der Waals surface area contributed by atoms with Crippen LogP contribution in [-0.2, 0) is 10.0 Å². The van der Waals surface area contributed by atoms with Crippen molar-refractivity contribution in [3.05, 3.63) is 29.8 Å². The Morgan fingerprint density at radius 1 is 1.09 bits per heavy atom. The summed E-state index contributed by atoms with van der Waals surface area (Å²) >= 11 is 0. The molecule has 0 aliphatic rings. The number of carbonyl (C=O) groups excluding carboxylic acids is 1. The first-order chi connectivity index (χ1) is 10.8. The van der Waals surface area contributed by atoms with Crippen molar-refractivity contribution < 1.29 is 13.2 Å². The van der Waals surface area contributed by atoms with Crippen LogP contribution in [0, 0.1) is 5.92 Å². The van der Waals surface area contributed by atoms with Crippen molar-refractivity contribution in [2.75, 3.05) is 19.6 Å². The molecule has 1 N–H and O–H groups in total. The Labute approximate surface area is 140 Å². The van der Waals surface area contributed by atoms with Crippen LogP contribution in [0.3, 0.4) is 0 Å². The molecule has 0 bridgehead atoms. The van der Waals surface area contributed by atoms with Crippen LogP contribution in [0.25, 0.3) is 0 Å². The molecule has 1 amide bonds. The molecule has 5 nitrogen and oxygen atoms in total. The lowest BCUT2D eigenvalue weighted by atomic mass is 10.2. The summed E-state index contributed by atoms with van der Waals surface area (Å²) in [4.78, 5) is 14.5. The van der Waals surface area contributed by atoms with Gasteiger partial charge in [0.1, 0.15) is 0 Å². The van der Waals surface area contributed by atoms with Crippen molar-refractivity contribution in [2.45, 2.75) is 45.4 Å². The van der Waals surface area contributed by atoms with Crippen LogP contribution < -0.4 is 4.72 Å². The van der Waals surface area contributed by atoms with Crippen molar-refractivity contribution in [3.63, 3.8) is 0 Å². The average Bonchev–Trinajstić information content (AvgIpc) is 2.52. The summed E-state index contributed by atoms with van der Waals surface area (Å²) in [5, 5.41) is 0. The van der Waals surface area contributed by atoms with Gasteiger partial charge in [-0.25, -0.2) is 13.1 Å². The number of carbonyl (C=O) groups is 1. The molecule has 0 atom stereocenters. The smallest absolute Gasteiger partial charge is 0.253 e. The number of sulfonamides is 1. The fraction of sp³-hybridized carbons (Fsp3) is 0.588. The Bertz CT molecular complexity index is 589. The largest absolute Gasteiger partial charge is 0.339 e. The molecule has 1 aromatic rings. The van der Waals surface area contributed by atoms with Gasteiger partial charge in [0, 0.05) is 25.2 Å². The first-order valence-electron chi connectivity index (χ1n) is 8.20. The Hall–Kier alpha value is -1.40. The van der Waals surface area contributed by atoms with E-state index < -0.39 is 10.0 Å². The van der Waals surface area contributed by atoms with Gasteiger partial charge in [-0.1, -0.05) is 27.7 Å². The van der Waals surface area contributed by atoms with E-state index >= 15 is 0 Å². The zero-order valence-corrected chi connectivity index (χ0v) is 15.3. The zero-order chi connectivity index (χ0) is 17.5. The van der Waals surface area contributed by atoms with Crippen molar-refractivity contribution in [1.29, 1.82) is 0 Å². The molecular weight excluding hydrogens is 312 g/mol. The van der Waals surface area contributed by atoms with Gasteiger partial charge in [0.15, 0.2) is 0 Å². The number of nitrogens with zero attached hydrogens (tertiary/aromatic N) is 1. The molecule has 0 aromatic heterocycles. The van der Waals surface area contributed by atoms with E-state index in [4.69, 9.17) is 0 Å². The fourth-order valence-electron chi connectivity index (χ4n) is 2.17. The second-order valence-corrected chi connectivity index (χ2v) is 7.83. The second-order valence-electron chi connectivity index (χ2n) is 6.06. The molecule has 0 saturated heterocycles. The van der Waals surface area contributed by atoms with Crippen LogP contribution >= 0.6 is 0 Å². The lowest BCUT2D eigenvalue weighted by Gasteiger charge is -2.21. The third-order valence-corrected chi connectivity index (χ3v) is 4.81. The third kappa shape index (κ3) is 5.95. The summed E-state index contributed by atoms with van der Waals surface area (Å²) in [6.07, 6.45) is 1.80. The maximum atomic E-state index is 12.5. The summed E-state index contributed by atoms with van der Waals surface area (Å²) in [5.74, 6) is 0.190. The minimum Gasteiger partial charge on any atom is -0.339 e. The fourth-order valence-corrected chi connectivity index (χ4v) is 3.39. The Morgan fingerprint density at radius 2 is 1.61 bits per heavy atom. The van der Waals surface area contributed by atoms with Crippen LogP contribution in [0.2, 0.25) is 0 Å². The molecule has 0 radical (unpaired) electrons. The van der Waals surface area contributed by atoms with E-state index in [-0.39, 0.29) is 16.7 Å². The molecule has 0 fully saturated rings. The SMILES string of the molecule is CCCN(CCC)C(=O)c1ccc(S(=O)(=O)NCC(C)C)cc1. The molecule has 0 aliphatic carbocycles. The Kier molecular flexibility index (Phi) is 7.72. The van der Waals surface area contributed by atoms with Gasteiger partial charge in [-0.15, -0.1) is 0 Å². The van der Waals surface area contributed by atoms with Crippen molar-refractivity contribution in [1.82, 2.24) is 9.62 Å². The molecule has 1 aromatic carbocycles. The number of benzene rings is 1. The molecule has 0 heterocycles. The first-order valence-corrected chi connectivity index (χ1v) is 9.69. The molecule has 1 rings (SSSR count). The Balaban J connectivity index is 2.88. The minimum absolute atomic E-state index is 0.0483. The van der Waals surface area contributed by atoms with E-state index in [1.54, 1.807) is 17.0 Å². The minimum atomic E-state index is -3.51. The summed E-state index contributed by atoms with van der Waals surface area (Å²) in [5.41, 5.74) is 0.523. The molecule has 0 unspecified atom stereocenters. The van der Waals surface area contributed by atoms with Gasteiger partial charge in [-0.05, 0) is 43.0 Å². The quantitative estimate of drug-likeness (QED) is 0.751. The standard InChI is InChI=1S/C17H28N2O3S/c1-5-11-19(12-6-2)17(20)15-7-9-16(10-8-15)23(21,22)18-13-14(3)4/h7-10,14,18H,5-6,11-13H2,1-4H3. The van der Waals surface area contributed by atoms with Crippen LogP contribution in [-0.4, -0.2) is 38.9 Å². The normalized spacial score (nSPS) is 11.7. The lowest BCUT2D eigenvalue weighted by Crippen LogP contribution is -2.32. The molecule has 23 heavy (non-hydrogen) atoms. The molecular formula is C17H28N2O3S. The van der Waals surface area contributed by atoms with Crippen LogP contribution in [0.5, 0.6) is 0 Å². The van der Waals surface area contributed by atoms with Gasteiger partial charge in [0.25, 0.3) is 5.91 Å². The van der Waals surface area contributed by atoms with E-state index in [1.165, 1.54) is 12.1 Å². The lowest BCUT2D eigenvalue weighted by molar-refractivity contribution is 0.0755. The van der Waals surface area contributed by atoms with E-state index in [1.807, 2.05) is 27.7 Å². The third-order valence-electron chi connectivity index (χ3n) is 3.37. The second kappa shape index (κ2) is 9.03. The zero-order valence-electron chi connectivity index (χ0n) is 14.5. The number of amides is 1. The number of hydrogen-bond donors (Lipinski definition) is 1. The summed E-state index contributed by atoms with van der Waals surface area (Å²) in [6.45, 7) is 9.77. The van der Waals surface area contributed by atoms with Crippen LogP contribution in [0.15, 0.2) is 29.2 Å². The Morgan fingerprint density at radius 3 is 2.04 bits per heavy atom. The van der Waals surface area contributed by atoms with Gasteiger partial charge < -0.3 is 4.90 Å². The van der Waals surface area contributed by atoms with Crippen molar-refractivity contribution in [3.8, 4) is 0 Å². The van der Waals surface area contributed by atoms with Gasteiger partial charge in [0.05, 0.1) is 4.90 Å². The van der Waals surface area contributed by atoms with Crippen molar-refractivity contribution in [2.24, 2.45) is 5.92 Å². The highest BCUT2D eigenvalue weighted by Gasteiger charge is 2.17. The highest BCUT2D eigenvalue weighted by Crippen LogP contribution is 2.13. The predicted octanol–water partition coefficient (Wildman–Crippen LogP) is 2.88. The average molecular weight is 340 g/mol. The van der Waals surface area contributed by atoms with Gasteiger partial charge in [0.2, 0.25) is 10.0 Å². The summed E-state index contributed by atoms with van der Waals surface area (Å²) in [7, 11) is -3.51. The predicted molar refractivity (Wildman–Crippen MR) is 93.0 cm³/mol. The highest BCUT2D eigenvalue weighted by atomic mass is 32.2. The van der Waals surface area contributed by atoms with Crippen molar-refractivity contribution >= 4 is 15.9 Å². The number of rotatable bonds is 9. The maximum absolute atomic E-state index is 12.5. The monoisotopic (exact) mass is 340 g/mol. The van der Waals surface area contributed by atoms with Gasteiger partial charge >= 0.3 is 0 Å². The topological polar surface area (TPSA) is 66.5 Å². The van der Waals surface area contributed by atoms with Crippen LogP contribution in [0.4, 0.5) is 0 Å². The summed E-state index contributed by atoms with van der Waals surface area (Å²) < 4.78 is 26.9. The highest BCUT2D eigenvalue weighted by molar-refractivity contribution is 7.89. The van der Waals surface area contributed by atoms with E-state index in [2.05, 4.69) is 4.72 Å². The molecule has 130 valence electrons. The van der Waals surface area contributed by atoms with E-state index in [0.29, 0.717) is 25.2 Å². The molecule has 0 saturated carbocycles. The molecule has 0 spiro atoms. The number of nitrogens with one attached hydrogen (secondary N) is 1. The molecule has 0 aliphatic heterocycles. The number of hydrogen-bond acceptors (Lipinski definition) is 3. The van der Waals surface area contributed by atoms with Crippen LogP contribution in [0.1, 0.15) is 50.9 Å². The summed E-state index contributed by atoms with van der Waals surface area (Å²) in [6, 6.07) is 6.16. The van der Waals surface area contributed by atoms with Gasteiger partial charge in [-0.3, -0.25) is 4.79 Å². The van der Waals surface area contributed by atoms with E-state index in [9.17, 15) is 13.2 Å². The first kappa shape index (κ1) is 19.6. The molecule has 6 heteroatoms. The maximum Gasteiger partial charge on any atom is 0.253 e.